The van der Waals surface area contributed by atoms with Crippen molar-refractivity contribution < 1.29 is 9.09 Å². The van der Waals surface area contributed by atoms with E-state index in [0.717, 1.165) is 37.0 Å². The normalized spacial score (nSPS) is 23.1. The zero-order valence-corrected chi connectivity index (χ0v) is 14.2. The molecule has 118 valence electrons. The molecule has 0 atom stereocenters. The highest BCUT2D eigenvalue weighted by atomic mass is 31.2. The van der Waals surface area contributed by atoms with Gasteiger partial charge in [0.15, 0.2) is 0 Å². The average Bonchev–Trinajstić information content (AvgIpc) is 2.53. The van der Waals surface area contributed by atoms with Gasteiger partial charge in [-0.1, -0.05) is 64.2 Å². The quantitative estimate of drug-likeness (QED) is 0.551. The van der Waals surface area contributed by atoms with Crippen LogP contribution in [0.5, 0.6) is 0 Å². The second-order valence-electron chi connectivity index (χ2n) is 7.03. The Kier molecular flexibility index (Phi) is 7.11. The molecule has 0 aromatic heterocycles. The summed E-state index contributed by atoms with van der Waals surface area (Å²) in [6.45, 7) is 0. The van der Waals surface area contributed by atoms with Crippen LogP contribution >= 0.6 is 7.37 Å². The Balaban J connectivity index is 1.71. The second kappa shape index (κ2) is 8.59. The summed E-state index contributed by atoms with van der Waals surface area (Å²) in [6.07, 6.45) is 17.7. The third-order valence-electron chi connectivity index (χ3n) is 5.54. The summed E-state index contributed by atoms with van der Waals surface area (Å²) in [5.74, 6) is 1.64. The standard InChI is InChI=1S/C17H33O2P/c1-19-20(18,14-12-16-8-4-2-5-9-16)15-13-17-10-6-3-7-11-17/h16-17H,2-15H2,1H3. The van der Waals surface area contributed by atoms with Crippen molar-refractivity contribution in [2.45, 2.75) is 77.0 Å². The summed E-state index contributed by atoms with van der Waals surface area (Å²) in [5, 5.41) is 0. The van der Waals surface area contributed by atoms with E-state index < -0.39 is 7.37 Å². The Bertz CT molecular complexity index is 278. The fourth-order valence-corrected chi connectivity index (χ4v) is 6.11. The molecule has 20 heavy (non-hydrogen) atoms. The molecule has 0 unspecified atom stereocenters. The van der Waals surface area contributed by atoms with E-state index in [1.54, 1.807) is 7.11 Å². The number of rotatable bonds is 7. The summed E-state index contributed by atoms with van der Waals surface area (Å²) in [6, 6.07) is 0. The maximum Gasteiger partial charge on any atom is 0.202 e. The second-order valence-corrected chi connectivity index (χ2v) is 9.92. The molecule has 0 spiro atoms. The van der Waals surface area contributed by atoms with Gasteiger partial charge in [0.2, 0.25) is 7.37 Å². The summed E-state index contributed by atoms with van der Waals surface area (Å²) < 4.78 is 18.3. The lowest BCUT2D eigenvalue weighted by Gasteiger charge is -2.26. The maximum absolute atomic E-state index is 12.8. The van der Waals surface area contributed by atoms with Crippen molar-refractivity contribution in [3.05, 3.63) is 0 Å². The molecule has 0 saturated heterocycles. The highest BCUT2D eigenvalue weighted by molar-refractivity contribution is 7.58. The minimum absolute atomic E-state index is 0.821. The largest absolute Gasteiger partial charge is 0.332 e. The highest BCUT2D eigenvalue weighted by Gasteiger charge is 2.26. The van der Waals surface area contributed by atoms with Crippen molar-refractivity contribution in [2.24, 2.45) is 11.8 Å². The lowest BCUT2D eigenvalue weighted by Crippen LogP contribution is -2.12. The summed E-state index contributed by atoms with van der Waals surface area (Å²) in [4.78, 5) is 0. The molecule has 2 nitrogen and oxygen atoms in total. The predicted molar refractivity (Wildman–Crippen MR) is 86.7 cm³/mol. The van der Waals surface area contributed by atoms with Gasteiger partial charge in [-0.2, -0.15) is 0 Å². The van der Waals surface area contributed by atoms with Gasteiger partial charge in [-0.3, -0.25) is 4.57 Å². The van der Waals surface area contributed by atoms with Crippen LogP contribution < -0.4 is 0 Å². The molecule has 0 N–H and O–H groups in total. The van der Waals surface area contributed by atoms with Crippen LogP contribution in [0.1, 0.15) is 77.0 Å². The third-order valence-corrected chi connectivity index (χ3v) is 8.08. The van der Waals surface area contributed by atoms with E-state index in [1.165, 1.54) is 64.2 Å². The lowest BCUT2D eigenvalue weighted by molar-refractivity contribution is 0.329. The van der Waals surface area contributed by atoms with Crippen LogP contribution in [-0.2, 0) is 9.09 Å². The van der Waals surface area contributed by atoms with Gasteiger partial charge < -0.3 is 4.52 Å². The van der Waals surface area contributed by atoms with E-state index in [1.807, 2.05) is 0 Å². The van der Waals surface area contributed by atoms with Crippen molar-refractivity contribution in [3.63, 3.8) is 0 Å². The van der Waals surface area contributed by atoms with Crippen LogP contribution in [0.15, 0.2) is 0 Å². The molecule has 0 radical (unpaired) electrons. The molecule has 0 aromatic rings. The fraction of sp³-hybridized carbons (Fsp3) is 1.00. The van der Waals surface area contributed by atoms with Gasteiger partial charge in [-0.05, 0) is 24.7 Å². The first-order valence-electron chi connectivity index (χ1n) is 8.86. The van der Waals surface area contributed by atoms with Crippen molar-refractivity contribution in [3.8, 4) is 0 Å². The first kappa shape index (κ1) is 16.6. The predicted octanol–water partition coefficient (Wildman–Crippen LogP) is 5.85. The van der Waals surface area contributed by atoms with Crippen molar-refractivity contribution in [1.82, 2.24) is 0 Å². The maximum atomic E-state index is 12.8. The topological polar surface area (TPSA) is 26.3 Å². The van der Waals surface area contributed by atoms with E-state index >= 15 is 0 Å². The zero-order chi connectivity index (χ0) is 14.3. The minimum Gasteiger partial charge on any atom is -0.332 e. The third kappa shape index (κ3) is 5.53. The number of hydrogen-bond acceptors (Lipinski definition) is 2. The molecule has 0 amide bonds. The Labute approximate surface area is 125 Å². The molecule has 0 bridgehead atoms. The smallest absolute Gasteiger partial charge is 0.202 e. The molecule has 2 rings (SSSR count). The first-order valence-corrected chi connectivity index (χ1v) is 10.9. The van der Waals surface area contributed by atoms with E-state index in [0.29, 0.717) is 0 Å². The van der Waals surface area contributed by atoms with E-state index in [9.17, 15) is 4.57 Å². The van der Waals surface area contributed by atoms with Crippen molar-refractivity contribution in [1.29, 1.82) is 0 Å². The van der Waals surface area contributed by atoms with E-state index in [4.69, 9.17) is 4.52 Å². The highest BCUT2D eigenvalue weighted by Crippen LogP contribution is 2.50. The van der Waals surface area contributed by atoms with Crippen LogP contribution in [0.2, 0.25) is 0 Å². The Hall–Kier alpha value is 0.190. The summed E-state index contributed by atoms with van der Waals surface area (Å²) >= 11 is 0. The van der Waals surface area contributed by atoms with Crippen LogP contribution in [0.25, 0.3) is 0 Å². The van der Waals surface area contributed by atoms with Gasteiger partial charge in [0, 0.05) is 19.4 Å². The van der Waals surface area contributed by atoms with Crippen LogP contribution in [-0.4, -0.2) is 19.4 Å². The monoisotopic (exact) mass is 300 g/mol. The average molecular weight is 300 g/mol. The summed E-state index contributed by atoms with van der Waals surface area (Å²) in [7, 11) is -0.664. The first-order chi connectivity index (χ1) is 9.72. The van der Waals surface area contributed by atoms with Gasteiger partial charge in [0.05, 0.1) is 0 Å². The summed E-state index contributed by atoms with van der Waals surface area (Å²) in [5.41, 5.74) is 0. The number of hydrogen-bond donors (Lipinski definition) is 0. The van der Waals surface area contributed by atoms with Crippen molar-refractivity contribution in [2.75, 3.05) is 19.4 Å². The minimum atomic E-state index is -2.33. The Morgan fingerprint density at radius 1 is 0.800 bits per heavy atom. The molecule has 0 heterocycles. The molecule has 2 aliphatic carbocycles. The van der Waals surface area contributed by atoms with Crippen LogP contribution in [0, 0.1) is 11.8 Å². The van der Waals surface area contributed by atoms with Crippen LogP contribution in [0.4, 0.5) is 0 Å². The molecular formula is C17H33O2P. The van der Waals surface area contributed by atoms with Crippen LogP contribution in [0.3, 0.4) is 0 Å². The Morgan fingerprint density at radius 3 is 1.55 bits per heavy atom. The van der Waals surface area contributed by atoms with Gasteiger partial charge in [0.1, 0.15) is 0 Å². The van der Waals surface area contributed by atoms with E-state index in [-0.39, 0.29) is 0 Å². The van der Waals surface area contributed by atoms with Crippen molar-refractivity contribution >= 4 is 7.37 Å². The molecule has 2 fully saturated rings. The molecule has 2 aliphatic rings. The molecule has 3 heteroatoms. The Morgan fingerprint density at radius 2 is 1.20 bits per heavy atom. The molecule has 2 saturated carbocycles. The van der Waals surface area contributed by atoms with E-state index in [2.05, 4.69) is 0 Å². The van der Waals surface area contributed by atoms with Gasteiger partial charge >= 0.3 is 0 Å². The molecule has 0 aliphatic heterocycles. The van der Waals surface area contributed by atoms with Gasteiger partial charge in [-0.25, -0.2) is 0 Å². The molecule has 0 aromatic carbocycles. The van der Waals surface area contributed by atoms with Gasteiger partial charge in [-0.15, -0.1) is 0 Å². The van der Waals surface area contributed by atoms with Gasteiger partial charge in [0.25, 0.3) is 0 Å². The zero-order valence-electron chi connectivity index (χ0n) is 13.3. The lowest BCUT2D eigenvalue weighted by atomic mass is 9.87. The fourth-order valence-electron chi connectivity index (χ4n) is 4.00. The SMILES string of the molecule is COP(=O)(CCC1CCCCC1)CCC1CCCCC1. The molecular weight excluding hydrogens is 267 g/mol.